The van der Waals surface area contributed by atoms with E-state index in [4.69, 9.17) is 0 Å². The van der Waals surface area contributed by atoms with Crippen molar-refractivity contribution in [2.45, 2.75) is 20.3 Å². The summed E-state index contributed by atoms with van der Waals surface area (Å²) in [5, 5.41) is 4.03. The van der Waals surface area contributed by atoms with Crippen molar-refractivity contribution in [2.24, 2.45) is 0 Å². The Morgan fingerprint density at radius 3 is 2.64 bits per heavy atom. The lowest BCUT2D eigenvalue weighted by atomic mass is 10.1. The number of rotatable bonds is 4. The van der Waals surface area contributed by atoms with Crippen LogP contribution in [0, 0.1) is 0 Å². The smallest absolute Gasteiger partial charge is 0.138 e. The molecular formula is C11H15N3. The lowest BCUT2D eigenvalue weighted by Gasteiger charge is -2.07. The fourth-order valence-electron chi connectivity index (χ4n) is 1.18. The van der Waals surface area contributed by atoms with Crippen molar-refractivity contribution in [1.29, 1.82) is 0 Å². The first-order valence-electron chi connectivity index (χ1n) is 4.55. The molecule has 0 saturated heterocycles. The Balaban J connectivity index is 2.92. The summed E-state index contributed by atoms with van der Waals surface area (Å²) >= 11 is 0. The fourth-order valence-corrected chi connectivity index (χ4v) is 1.18. The van der Waals surface area contributed by atoms with E-state index < -0.39 is 0 Å². The molecule has 0 radical (unpaired) electrons. The molecule has 0 bridgehead atoms. The van der Waals surface area contributed by atoms with Gasteiger partial charge in [-0.15, -0.1) is 0 Å². The molecule has 0 unspecified atom stereocenters. The van der Waals surface area contributed by atoms with E-state index in [0.29, 0.717) is 0 Å². The monoisotopic (exact) mass is 189 g/mol. The molecule has 0 aliphatic rings. The van der Waals surface area contributed by atoms with Crippen LogP contribution in [0.5, 0.6) is 0 Å². The molecule has 3 heteroatoms. The Labute approximate surface area is 84.5 Å². The topological polar surface area (TPSA) is 30.7 Å². The van der Waals surface area contributed by atoms with Crippen LogP contribution >= 0.6 is 0 Å². The van der Waals surface area contributed by atoms with Crippen LogP contribution in [0.15, 0.2) is 43.0 Å². The third-order valence-electron chi connectivity index (χ3n) is 1.87. The van der Waals surface area contributed by atoms with Crippen LogP contribution in [0.3, 0.4) is 0 Å². The highest BCUT2D eigenvalue weighted by molar-refractivity contribution is 5.62. The summed E-state index contributed by atoms with van der Waals surface area (Å²) in [4.78, 5) is 3.88. The zero-order valence-electron chi connectivity index (χ0n) is 8.70. The van der Waals surface area contributed by atoms with Gasteiger partial charge in [0.15, 0.2) is 0 Å². The van der Waals surface area contributed by atoms with Gasteiger partial charge in [-0.1, -0.05) is 31.7 Å². The van der Waals surface area contributed by atoms with E-state index in [1.54, 1.807) is 11.0 Å². The molecule has 0 N–H and O–H groups in total. The summed E-state index contributed by atoms with van der Waals surface area (Å²) in [5.74, 6) is 0. The zero-order chi connectivity index (χ0) is 10.6. The molecule has 1 aromatic rings. The molecule has 0 aliphatic carbocycles. The maximum absolute atomic E-state index is 4.03. The molecule has 0 saturated carbocycles. The van der Waals surface area contributed by atoms with Gasteiger partial charge >= 0.3 is 0 Å². The van der Waals surface area contributed by atoms with Crippen molar-refractivity contribution in [3.8, 4) is 0 Å². The maximum Gasteiger partial charge on any atom is 0.138 e. The Morgan fingerprint density at radius 2 is 2.21 bits per heavy atom. The molecule has 0 fully saturated rings. The van der Waals surface area contributed by atoms with Crippen LogP contribution < -0.4 is 0 Å². The summed E-state index contributed by atoms with van der Waals surface area (Å²) in [6, 6.07) is 0. The molecule has 0 amide bonds. The van der Waals surface area contributed by atoms with Gasteiger partial charge in [0.1, 0.15) is 12.7 Å². The van der Waals surface area contributed by atoms with Gasteiger partial charge in [-0.25, -0.2) is 9.67 Å². The average Bonchev–Trinajstić information content (AvgIpc) is 2.65. The number of aromatic nitrogens is 3. The normalized spacial score (nSPS) is 11.4. The second-order valence-corrected chi connectivity index (χ2v) is 3.16. The average molecular weight is 189 g/mol. The molecule has 3 nitrogen and oxygen atoms in total. The summed E-state index contributed by atoms with van der Waals surface area (Å²) in [6.45, 7) is 11.9. The number of allylic oxidation sites excluding steroid dienone is 4. The molecule has 74 valence electrons. The Kier molecular flexibility index (Phi) is 3.40. The molecule has 0 aromatic carbocycles. The minimum absolute atomic E-state index is 0.855. The van der Waals surface area contributed by atoms with Gasteiger partial charge in [-0.2, -0.15) is 5.10 Å². The molecule has 0 atom stereocenters. The third-order valence-corrected chi connectivity index (χ3v) is 1.87. The van der Waals surface area contributed by atoms with E-state index in [1.165, 1.54) is 6.33 Å². The largest absolute Gasteiger partial charge is 0.223 e. The molecule has 0 spiro atoms. The number of hydrogen-bond acceptors (Lipinski definition) is 2. The van der Waals surface area contributed by atoms with Crippen molar-refractivity contribution in [1.82, 2.24) is 14.8 Å². The first-order chi connectivity index (χ1) is 6.65. The minimum Gasteiger partial charge on any atom is -0.223 e. The van der Waals surface area contributed by atoms with E-state index in [9.17, 15) is 0 Å². The third kappa shape index (κ3) is 2.42. The summed E-state index contributed by atoms with van der Waals surface area (Å²) in [6.07, 6.45) is 6.07. The van der Waals surface area contributed by atoms with Gasteiger partial charge in [0.05, 0.1) is 5.70 Å². The minimum atomic E-state index is 0.855. The molecular weight excluding hydrogens is 174 g/mol. The van der Waals surface area contributed by atoms with Crippen LogP contribution in [-0.2, 0) is 0 Å². The van der Waals surface area contributed by atoms with Gasteiger partial charge < -0.3 is 0 Å². The first kappa shape index (κ1) is 10.4. The van der Waals surface area contributed by atoms with Gasteiger partial charge in [0.25, 0.3) is 0 Å². The van der Waals surface area contributed by atoms with E-state index in [-0.39, 0.29) is 0 Å². The molecule has 1 aromatic heterocycles. The quantitative estimate of drug-likeness (QED) is 0.682. The molecule has 14 heavy (non-hydrogen) atoms. The van der Waals surface area contributed by atoms with Gasteiger partial charge in [0, 0.05) is 0 Å². The van der Waals surface area contributed by atoms with E-state index in [0.717, 1.165) is 23.3 Å². The van der Waals surface area contributed by atoms with Gasteiger partial charge in [0.2, 0.25) is 0 Å². The van der Waals surface area contributed by atoms with Gasteiger partial charge in [-0.05, 0) is 18.9 Å². The van der Waals surface area contributed by atoms with E-state index in [1.807, 2.05) is 13.0 Å². The second kappa shape index (κ2) is 4.56. The standard InChI is InChI=1S/C11H15N3/c1-5-11(6-9(2)3)10(4)14-8-12-7-13-14/h6-8H,2,4-5H2,1,3H3/b11-6-. The maximum atomic E-state index is 4.03. The second-order valence-electron chi connectivity index (χ2n) is 3.16. The SMILES string of the molecule is C=C(C)/C=C(/CC)C(=C)n1cncn1. The predicted octanol–water partition coefficient (Wildman–Crippen LogP) is 2.66. The molecule has 1 rings (SSSR count). The fraction of sp³-hybridized carbons (Fsp3) is 0.273. The summed E-state index contributed by atoms with van der Waals surface area (Å²) in [7, 11) is 0. The predicted molar refractivity (Wildman–Crippen MR) is 58.5 cm³/mol. The first-order valence-corrected chi connectivity index (χ1v) is 4.55. The zero-order valence-corrected chi connectivity index (χ0v) is 8.70. The molecule has 1 heterocycles. The highest BCUT2D eigenvalue weighted by Crippen LogP contribution is 2.17. The van der Waals surface area contributed by atoms with Crippen LogP contribution in [0.25, 0.3) is 5.70 Å². The number of nitrogens with zero attached hydrogens (tertiary/aromatic N) is 3. The molecule has 0 aliphatic heterocycles. The lowest BCUT2D eigenvalue weighted by Crippen LogP contribution is -1.99. The summed E-state index contributed by atoms with van der Waals surface area (Å²) in [5.41, 5.74) is 3.00. The van der Waals surface area contributed by atoms with Gasteiger partial charge in [-0.3, -0.25) is 0 Å². The van der Waals surface area contributed by atoms with E-state index in [2.05, 4.69) is 30.2 Å². The van der Waals surface area contributed by atoms with E-state index >= 15 is 0 Å². The Hall–Kier alpha value is -1.64. The Bertz CT molecular complexity index is 358. The highest BCUT2D eigenvalue weighted by atomic mass is 15.3. The van der Waals surface area contributed by atoms with Crippen LogP contribution in [0.4, 0.5) is 0 Å². The van der Waals surface area contributed by atoms with Crippen LogP contribution in [0.2, 0.25) is 0 Å². The van der Waals surface area contributed by atoms with Crippen molar-refractivity contribution in [3.05, 3.63) is 43.0 Å². The van der Waals surface area contributed by atoms with Crippen molar-refractivity contribution >= 4 is 5.70 Å². The number of hydrogen-bond donors (Lipinski definition) is 0. The Morgan fingerprint density at radius 1 is 1.50 bits per heavy atom. The summed E-state index contributed by atoms with van der Waals surface area (Å²) < 4.78 is 1.66. The lowest BCUT2D eigenvalue weighted by molar-refractivity contribution is 0.889. The van der Waals surface area contributed by atoms with Crippen molar-refractivity contribution < 1.29 is 0 Å². The van der Waals surface area contributed by atoms with Crippen LogP contribution in [0.1, 0.15) is 20.3 Å². The van der Waals surface area contributed by atoms with Crippen molar-refractivity contribution in [3.63, 3.8) is 0 Å². The van der Waals surface area contributed by atoms with Crippen molar-refractivity contribution in [2.75, 3.05) is 0 Å². The highest BCUT2D eigenvalue weighted by Gasteiger charge is 2.03. The van der Waals surface area contributed by atoms with Crippen LogP contribution in [-0.4, -0.2) is 14.8 Å².